The van der Waals surface area contributed by atoms with Crippen LogP contribution in [0, 0.1) is 147 Å². The van der Waals surface area contributed by atoms with Gasteiger partial charge in [-0.1, -0.05) is 103 Å². The summed E-state index contributed by atoms with van der Waals surface area (Å²) in [6.45, 7) is 0. The van der Waals surface area contributed by atoms with E-state index in [1.54, 1.807) is 42.5 Å². The lowest BCUT2D eigenvalue weighted by Gasteiger charge is -2.21. The minimum Gasteiger partial charge on any atom is -0.309 e. The highest BCUT2D eigenvalue weighted by Gasteiger charge is 2.28. The molecule has 0 bridgehead atoms. The van der Waals surface area contributed by atoms with Crippen LogP contribution in [0.5, 0.6) is 0 Å². The third-order valence-corrected chi connectivity index (χ3v) is 19.8. The molecule has 3 heterocycles. The van der Waals surface area contributed by atoms with Crippen molar-refractivity contribution in [2.75, 3.05) is 0 Å². The van der Waals surface area contributed by atoms with Crippen LogP contribution in [0.3, 0.4) is 0 Å². The van der Waals surface area contributed by atoms with Crippen LogP contribution in [0.1, 0.15) is 72.3 Å². The van der Waals surface area contributed by atoms with Gasteiger partial charge in [-0.2, -0.15) is 68.4 Å². The van der Waals surface area contributed by atoms with Gasteiger partial charge in [-0.25, -0.2) is 15.0 Å². The van der Waals surface area contributed by atoms with Crippen molar-refractivity contribution >= 4 is 43.6 Å². The summed E-state index contributed by atoms with van der Waals surface area (Å²) in [6.07, 6.45) is 0. The maximum atomic E-state index is 10.8. The number of hydrogen-bond acceptors (Lipinski definition) is 16. The van der Waals surface area contributed by atoms with Gasteiger partial charge in [0.2, 0.25) is 0 Å². The van der Waals surface area contributed by atoms with E-state index in [1.807, 2.05) is 152 Å². The number of benzene rings is 13. The van der Waals surface area contributed by atoms with Crippen LogP contribution in [0.25, 0.3) is 156 Å². The highest BCUT2D eigenvalue weighted by Crippen LogP contribution is 2.48. The van der Waals surface area contributed by atoms with Crippen molar-refractivity contribution in [3.05, 3.63) is 315 Å². The molecular formula is C94H40N18. The van der Waals surface area contributed by atoms with E-state index >= 15 is 0 Å². The summed E-state index contributed by atoms with van der Waals surface area (Å²) in [5.41, 5.74) is 12.1. The molecule has 0 aliphatic heterocycles. The average Bonchev–Trinajstić information content (AvgIpc) is 1.56. The average molecular weight is 1420 g/mol. The van der Waals surface area contributed by atoms with Gasteiger partial charge in [-0.05, 0) is 173 Å². The van der Waals surface area contributed by atoms with Gasteiger partial charge in [-0.15, -0.1) is 0 Å². The Kier molecular flexibility index (Phi) is 17.1. The molecule has 0 spiro atoms. The maximum absolute atomic E-state index is 10.8. The van der Waals surface area contributed by atoms with Crippen LogP contribution in [-0.4, -0.2) is 24.1 Å². The molecule has 0 aliphatic carbocycles. The van der Waals surface area contributed by atoms with E-state index in [2.05, 4.69) is 88.0 Å². The summed E-state index contributed by atoms with van der Waals surface area (Å²) in [7, 11) is 0. The van der Waals surface area contributed by atoms with Crippen LogP contribution in [-0.2, 0) is 0 Å². The van der Waals surface area contributed by atoms with Crippen LogP contribution in [0.4, 0.5) is 0 Å². The second kappa shape index (κ2) is 28.1. The lowest BCUT2D eigenvalue weighted by Crippen LogP contribution is -2.04. The Morgan fingerprint density at radius 2 is 0.455 bits per heavy atom. The molecule has 18 heteroatoms. The zero-order valence-corrected chi connectivity index (χ0v) is 58.1. The molecule has 0 unspecified atom stereocenters. The number of nitriles is 13. The molecule has 0 atom stereocenters. The fraction of sp³-hybridized carbons (Fsp3) is 0. The van der Waals surface area contributed by atoms with E-state index < -0.39 is 0 Å². The minimum atomic E-state index is 0.0720. The van der Waals surface area contributed by atoms with Crippen LogP contribution in [0.2, 0.25) is 0 Å². The molecule has 0 aliphatic rings. The van der Waals surface area contributed by atoms with Gasteiger partial charge in [0.15, 0.2) is 17.5 Å². The molecule has 0 fully saturated rings. The van der Waals surface area contributed by atoms with Gasteiger partial charge in [0.05, 0.1) is 185 Å². The quantitative estimate of drug-likeness (QED) is 0.116. The van der Waals surface area contributed by atoms with Crippen molar-refractivity contribution in [2.24, 2.45) is 0 Å². The van der Waals surface area contributed by atoms with Crippen LogP contribution in [0.15, 0.2) is 243 Å². The summed E-state index contributed by atoms with van der Waals surface area (Å²) in [5.74, 6) is 1.05. The Labute approximate surface area is 638 Å². The van der Waals surface area contributed by atoms with Crippen molar-refractivity contribution in [3.63, 3.8) is 0 Å². The monoisotopic (exact) mass is 1420 g/mol. The maximum Gasteiger partial charge on any atom is 0.164 e. The molecule has 18 nitrogen and oxygen atoms in total. The molecule has 0 saturated heterocycles. The fourth-order valence-electron chi connectivity index (χ4n) is 14.9. The van der Waals surface area contributed by atoms with Crippen molar-refractivity contribution < 1.29 is 0 Å². The van der Waals surface area contributed by atoms with Crippen molar-refractivity contribution in [2.45, 2.75) is 0 Å². The van der Waals surface area contributed by atoms with E-state index in [9.17, 15) is 68.4 Å². The molecule has 0 radical (unpaired) electrons. The fourth-order valence-corrected chi connectivity index (χ4v) is 14.9. The largest absolute Gasteiger partial charge is 0.309 e. The van der Waals surface area contributed by atoms with Gasteiger partial charge in [0, 0.05) is 71.6 Å². The first-order valence-electron chi connectivity index (χ1n) is 34.3. The highest BCUT2D eigenvalue weighted by molar-refractivity contribution is 6.15. The molecule has 0 saturated carbocycles. The van der Waals surface area contributed by atoms with Gasteiger partial charge in [0.1, 0.15) is 0 Å². The predicted molar refractivity (Wildman–Crippen MR) is 419 cm³/mol. The zero-order valence-electron chi connectivity index (χ0n) is 58.1. The summed E-state index contributed by atoms with van der Waals surface area (Å²) in [4.78, 5) is 15.6. The van der Waals surface area contributed by atoms with E-state index in [-0.39, 0.29) is 94.8 Å². The van der Waals surface area contributed by atoms with E-state index in [0.717, 1.165) is 0 Å². The third-order valence-electron chi connectivity index (χ3n) is 19.8. The summed E-state index contributed by atoms with van der Waals surface area (Å²) < 4.78 is 4.12. The lowest BCUT2D eigenvalue weighted by atomic mass is 9.91. The highest BCUT2D eigenvalue weighted by atomic mass is 15.0. The molecule has 506 valence electrons. The normalized spacial score (nSPS) is 10.6. The van der Waals surface area contributed by atoms with E-state index in [1.165, 1.54) is 48.5 Å². The number of nitrogens with zero attached hydrogens (tertiary/aromatic N) is 18. The zero-order chi connectivity index (χ0) is 77.4. The second-order valence-electron chi connectivity index (χ2n) is 25.9. The van der Waals surface area contributed by atoms with Gasteiger partial charge < -0.3 is 9.13 Å². The molecule has 0 amide bonds. The second-order valence-corrected chi connectivity index (χ2v) is 25.9. The molecule has 16 rings (SSSR count). The Balaban J connectivity index is 1.07. The van der Waals surface area contributed by atoms with E-state index in [4.69, 9.17) is 15.0 Å². The predicted octanol–water partition coefficient (Wildman–Crippen LogP) is 19.4. The summed E-state index contributed by atoms with van der Waals surface area (Å²) >= 11 is 0. The first kappa shape index (κ1) is 68.3. The molecule has 13 aromatic carbocycles. The van der Waals surface area contributed by atoms with Crippen LogP contribution >= 0.6 is 0 Å². The minimum absolute atomic E-state index is 0.0720. The Morgan fingerprint density at radius 1 is 0.196 bits per heavy atom. The number of fused-ring (bicyclic) bond motifs is 6. The lowest BCUT2D eigenvalue weighted by molar-refractivity contribution is 1.07. The third kappa shape index (κ3) is 11.6. The summed E-state index contributed by atoms with van der Waals surface area (Å²) in [6, 6.07) is 99.8. The topological polar surface area (TPSA) is 358 Å². The first-order chi connectivity index (χ1) is 54.9. The van der Waals surface area contributed by atoms with Crippen molar-refractivity contribution in [1.82, 2.24) is 24.1 Å². The molecule has 112 heavy (non-hydrogen) atoms. The summed E-state index contributed by atoms with van der Waals surface area (Å²) in [5, 5.41) is 139. The molecule has 16 aromatic rings. The standard InChI is InChI=1S/C94H40N18/c95-41-54-8-7-13-61(26-54)62-14-20-82(111-83-21-15-63(88-68(46-100)27-55(42-96)28-69(88)47-101)36-77(83)78-37-64(16-22-84(78)111)89-70(48-102)29-56(43-97)30-71(89)49-103)76(35-62)81-40-67(94-109-92(59-9-3-1-4-10-59)108-93(110-94)60-11-5-2-6-12-60)19-25-87(81)112-85-23-17-65(90-72(50-104)31-57(44-98)32-73(90)51-105)38-79(85)80-39-66(18-24-86(80)112)91-74(52-106)33-58(45-99)34-75(91)53-107/h1-40H. The molecule has 3 aromatic heterocycles. The SMILES string of the molecule is N#Cc1cccc(-c2ccc(-n3c4ccc(-c5c(C#N)cc(C#N)cc5C#N)cc4c4cc(-c5c(C#N)cc(C#N)cc5C#N)ccc43)c(-c3cc(-c4nc(-c5ccccc5)nc(-c5ccccc5)n4)ccc3-n3c4ccc(-c5c(C#N)cc(C#N)cc5C#N)cc4c4cc(-c5c(C#N)cc(C#N)cc5C#N)ccc43)c2)c1. The van der Waals surface area contributed by atoms with Gasteiger partial charge in [-0.3, -0.25) is 0 Å². The molecular weight excluding hydrogens is 1380 g/mol. The Bertz CT molecular complexity index is 6990. The van der Waals surface area contributed by atoms with Gasteiger partial charge >= 0.3 is 0 Å². The molecule has 0 N–H and O–H groups in total. The van der Waals surface area contributed by atoms with E-state index in [0.29, 0.717) is 133 Å². The number of rotatable bonds is 11. The Hall–Kier alpha value is -18.2. The smallest absolute Gasteiger partial charge is 0.164 e. The van der Waals surface area contributed by atoms with Crippen molar-refractivity contribution in [1.29, 1.82) is 68.4 Å². The van der Waals surface area contributed by atoms with Gasteiger partial charge in [0.25, 0.3) is 0 Å². The first-order valence-corrected chi connectivity index (χ1v) is 34.3. The number of hydrogen-bond donors (Lipinski definition) is 0. The van der Waals surface area contributed by atoms with Crippen molar-refractivity contribution in [3.8, 4) is 191 Å². The number of aromatic nitrogens is 5. The van der Waals surface area contributed by atoms with Crippen LogP contribution < -0.4 is 0 Å². The Morgan fingerprint density at radius 3 is 0.750 bits per heavy atom.